The van der Waals surface area contributed by atoms with Crippen LogP contribution < -0.4 is 5.32 Å². The van der Waals surface area contributed by atoms with E-state index in [0.717, 1.165) is 25.6 Å². The minimum atomic E-state index is 0.127. The summed E-state index contributed by atoms with van der Waals surface area (Å²) < 4.78 is 6.45. The summed E-state index contributed by atoms with van der Waals surface area (Å²) >= 11 is 0. The van der Waals surface area contributed by atoms with Crippen LogP contribution in [0.2, 0.25) is 0 Å². The fourth-order valence-electron chi connectivity index (χ4n) is 3.52. The quantitative estimate of drug-likeness (QED) is 0.623. The summed E-state index contributed by atoms with van der Waals surface area (Å²) in [6.07, 6.45) is 10.5. The lowest BCUT2D eigenvalue weighted by atomic mass is 9.77. The largest absolute Gasteiger partial charge is 0.373 e. The van der Waals surface area contributed by atoms with E-state index >= 15 is 0 Å². The van der Waals surface area contributed by atoms with Gasteiger partial charge in [-0.05, 0) is 50.5 Å². The molecule has 0 amide bonds. The fraction of sp³-hybridized carbons (Fsp3) is 1.00. The second kappa shape index (κ2) is 9.78. The van der Waals surface area contributed by atoms with Crippen LogP contribution in [0.15, 0.2) is 0 Å². The lowest BCUT2D eigenvalue weighted by molar-refractivity contribution is -0.0880. The number of hydrogen-bond donors (Lipinski definition) is 1. The van der Waals surface area contributed by atoms with Gasteiger partial charge in [0.15, 0.2) is 0 Å². The Bertz CT molecular complexity index is 234. The standard InChI is InChI=1S/C18H37NO/c1-5-8-16(4)14-20-18(15-19-7-3)12-10-17(9-6-2)11-13-18/h16-17,19H,5-15H2,1-4H3. The zero-order chi connectivity index (χ0) is 14.8. The molecule has 1 atom stereocenters. The van der Waals surface area contributed by atoms with Gasteiger partial charge in [0.1, 0.15) is 0 Å². The molecule has 1 N–H and O–H groups in total. The summed E-state index contributed by atoms with van der Waals surface area (Å²) in [6.45, 7) is 12.1. The van der Waals surface area contributed by atoms with Crippen molar-refractivity contribution < 1.29 is 4.74 Å². The molecular weight excluding hydrogens is 246 g/mol. The monoisotopic (exact) mass is 283 g/mol. The summed E-state index contributed by atoms with van der Waals surface area (Å²) in [5.41, 5.74) is 0.127. The van der Waals surface area contributed by atoms with Crippen LogP contribution in [-0.2, 0) is 4.74 Å². The highest BCUT2D eigenvalue weighted by atomic mass is 16.5. The Hall–Kier alpha value is -0.0800. The molecule has 20 heavy (non-hydrogen) atoms. The zero-order valence-corrected chi connectivity index (χ0v) is 14.3. The summed E-state index contributed by atoms with van der Waals surface area (Å²) in [5.74, 6) is 1.65. The Morgan fingerprint density at radius 3 is 2.40 bits per heavy atom. The highest BCUT2D eigenvalue weighted by Crippen LogP contribution is 2.37. The van der Waals surface area contributed by atoms with E-state index in [0.29, 0.717) is 5.92 Å². The summed E-state index contributed by atoms with van der Waals surface area (Å²) in [4.78, 5) is 0. The highest BCUT2D eigenvalue weighted by molar-refractivity contribution is 4.89. The molecule has 1 aliphatic rings. The molecule has 2 heteroatoms. The average molecular weight is 284 g/mol. The van der Waals surface area contributed by atoms with Crippen molar-refractivity contribution >= 4 is 0 Å². The molecule has 0 radical (unpaired) electrons. The third-order valence-corrected chi connectivity index (χ3v) is 4.87. The van der Waals surface area contributed by atoms with Crippen molar-refractivity contribution in [1.82, 2.24) is 5.32 Å². The topological polar surface area (TPSA) is 21.3 Å². The molecule has 1 saturated carbocycles. The van der Waals surface area contributed by atoms with Crippen molar-refractivity contribution in [3.8, 4) is 0 Å². The average Bonchev–Trinajstić information content (AvgIpc) is 2.46. The highest BCUT2D eigenvalue weighted by Gasteiger charge is 2.35. The van der Waals surface area contributed by atoms with Gasteiger partial charge in [0, 0.05) is 13.2 Å². The van der Waals surface area contributed by atoms with Gasteiger partial charge in [-0.2, -0.15) is 0 Å². The molecule has 0 spiro atoms. The van der Waals surface area contributed by atoms with Gasteiger partial charge in [-0.3, -0.25) is 0 Å². The maximum absolute atomic E-state index is 6.45. The first-order chi connectivity index (χ1) is 9.65. The Labute approximate surface area is 127 Å². The van der Waals surface area contributed by atoms with Crippen molar-refractivity contribution in [3.05, 3.63) is 0 Å². The molecule has 0 aromatic rings. The Kier molecular flexibility index (Phi) is 8.79. The van der Waals surface area contributed by atoms with Crippen LogP contribution in [0.3, 0.4) is 0 Å². The minimum Gasteiger partial charge on any atom is -0.373 e. The van der Waals surface area contributed by atoms with Crippen LogP contribution in [0.1, 0.15) is 79.1 Å². The molecule has 1 unspecified atom stereocenters. The van der Waals surface area contributed by atoms with Crippen LogP contribution >= 0.6 is 0 Å². The lowest BCUT2D eigenvalue weighted by Crippen LogP contribution is -2.46. The molecule has 1 fully saturated rings. The van der Waals surface area contributed by atoms with Crippen LogP contribution in [0, 0.1) is 11.8 Å². The molecule has 2 nitrogen and oxygen atoms in total. The first-order valence-electron chi connectivity index (χ1n) is 9.00. The van der Waals surface area contributed by atoms with E-state index in [1.54, 1.807) is 0 Å². The summed E-state index contributed by atoms with van der Waals surface area (Å²) in [5, 5.41) is 3.54. The maximum atomic E-state index is 6.45. The fourth-order valence-corrected chi connectivity index (χ4v) is 3.52. The first kappa shape index (κ1) is 18.0. The molecule has 1 rings (SSSR count). The maximum Gasteiger partial charge on any atom is 0.0806 e. The van der Waals surface area contributed by atoms with Crippen LogP contribution in [0.25, 0.3) is 0 Å². The molecular formula is C18H37NO. The molecule has 0 aromatic carbocycles. The molecule has 1 aliphatic carbocycles. The first-order valence-corrected chi connectivity index (χ1v) is 9.00. The number of nitrogens with one attached hydrogen (secondary N) is 1. The summed E-state index contributed by atoms with van der Waals surface area (Å²) in [6, 6.07) is 0. The van der Waals surface area contributed by atoms with Crippen LogP contribution in [-0.4, -0.2) is 25.3 Å². The number of hydrogen-bond acceptors (Lipinski definition) is 2. The third kappa shape index (κ3) is 6.13. The van der Waals surface area contributed by atoms with Crippen molar-refractivity contribution in [2.45, 2.75) is 84.7 Å². The van der Waals surface area contributed by atoms with Gasteiger partial charge in [0.05, 0.1) is 5.60 Å². The predicted molar refractivity (Wildman–Crippen MR) is 88.2 cm³/mol. The van der Waals surface area contributed by atoms with E-state index < -0.39 is 0 Å². The van der Waals surface area contributed by atoms with E-state index in [1.165, 1.54) is 51.4 Å². The minimum absolute atomic E-state index is 0.127. The zero-order valence-electron chi connectivity index (χ0n) is 14.3. The Morgan fingerprint density at radius 2 is 1.85 bits per heavy atom. The van der Waals surface area contributed by atoms with Crippen molar-refractivity contribution in [3.63, 3.8) is 0 Å². The molecule has 0 aromatic heterocycles. The van der Waals surface area contributed by atoms with E-state index in [4.69, 9.17) is 4.74 Å². The van der Waals surface area contributed by atoms with E-state index in [1.807, 2.05) is 0 Å². The molecule has 0 bridgehead atoms. The van der Waals surface area contributed by atoms with Crippen molar-refractivity contribution in [1.29, 1.82) is 0 Å². The number of rotatable bonds is 10. The molecule has 0 saturated heterocycles. The lowest BCUT2D eigenvalue weighted by Gasteiger charge is -2.41. The van der Waals surface area contributed by atoms with Gasteiger partial charge in [0.25, 0.3) is 0 Å². The van der Waals surface area contributed by atoms with Crippen molar-refractivity contribution in [2.24, 2.45) is 11.8 Å². The van der Waals surface area contributed by atoms with Gasteiger partial charge in [-0.15, -0.1) is 0 Å². The normalized spacial score (nSPS) is 28.5. The van der Waals surface area contributed by atoms with Gasteiger partial charge in [-0.25, -0.2) is 0 Å². The van der Waals surface area contributed by atoms with E-state index in [9.17, 15) is 0 Å². The second-order valence-corrected chi connectivity index (χ2v) is 6.90. The molecule has 120 valence electrons. The number of likely N-dealkylation sites (N-methyl/N-ethyl adjacent to an activating group) is 1. The van der Waals surface area contributed by atoms with Crippen LogP contribution in [0.4, 0.5) is 0 Å². The van der Waals surface area contributed by atoms with E-state index in [-0.39, 0.29) is 5.60 Å². The predicted octanol–water partition coefficient (Wildman–Crippen LogP) is 4.78. The Morgan fingerprint density at radius 1 is 1.15 bits per heavy atom. The van der Waals surface area contributed by atoms with Gasteiger partial charge in [-0.1, -0.05) is 47.0 Å². The smallest absolute Gasteiger partial charge is 0.0806 e. The molecule has 0 aliphatic heterocycles. The number of ether oxygens (including phenoxy) is 1. The van der Waals surface area contributed by atoms with Gasteiger partial charge < -0.3 is 10.1 Å². The SMILES string of the molecule is CCCC(C)COC1(CNCC)CCC(CCC)CC1. The summed E-state index contributed by atoms with van der Waals surface area (Å²) in [7, 11) is 0. The second-order valence-electron chi connectivity index (χ2n) is 6.90. The third-order valence-electron chi connectivity index (χ3n) is 4.87. The van der Waals surface area contributed by atoms with Crippen LogP contribution in [0.5, 0.6) is 0 Å². The van der Waals surface area contributed by atoms with E-state index in [2.05, 4.69) is 33.0 Å². The van der Waals surface area contributed by atoms with Gasteiger partial charge >= 0.3 is 0 Å². The molecule has 0 heterocycles. The van der Waals surface area contributed by atoms with Gasteiger partial charge in [0.2, 0.25) is 0 Å². The van der Waals surface area contributed by atoms with Crippen molar-refractivity contribution in [2.75, 3.05) is 19.7 Å². The Balaban J connectivity index is 2.46.